The highest BCUT2D eigenvalue weighted by Crippen LogP contribution is 2.28. The monoisotopic (exact) mass is 1620 g/mol. The van der Waals surface area contributed by atoms with Gasteiger partial charge in [0.25, 0.3) is 0 Å². The molecule has 1 aliphatic heterocycles. The highest BCUT2D eigenvalue weighted by Gasteiger charge is 2.47. The predicted octanol–water partition coefficient (Wildman–Crippen LogP) is 7.93. The molecule has 1 heterocycles. The van der Waals surface area contributed by atoms with Gasteiger partial charge in [0, 0.05) is 74.8 Å². The van der Waals surface area contributed by atoms with Crippen molar-refractivity contribution in [3.8, 4) is 0 Å². The Morgan fingerprint density at radius 3 is 1.40 bits per heavy atom. The second-order valence-corrected chi connectivity index (χ2v) is 35.2. The molecule has 2 aromatic rings. The number of methoxy groups -OCH3 is 1. The Kier molecular flexibility index (Phi) is 43.0. The zero-order valence-corrected chi connectivity index (χ0v) is 74.3. The van der Waals surface area contributed by atoms with Crippen molar-refractivity contribution >= 4 is 82.7 Å². The average molecular weight is 1620 g/mol. The first-order chi connectivity index (χ1) is 53.4. The van der Waals surface area contributed by atoms with Gasteiger partial charge in [-0.15, -0.1) is 0 Å². The van der Waals surface area contributed by atoms with E-state index in [1.54, 1.807) is 53.7 Å². The summed E-state index contributed by atoms with van der Waals surface area (Å²) in [6.45, 7) is 32.3. The standard InChI is InChI=1S/C86H144N12O15S/c1-26-65-80(106)95(22)70(51-114-44-32-31-43-99)83(109)91(18)67(46-53(4)5)77(103)90-71(56(10)11)84(110)92(19)66(45-52(2)3)76(102)87-60(16)75(101)88-61(17)79(105)93(20)68(47-54(6)7)81(107)94(21)69(48-55(8)9)82(108)96(23)72(57(12)13)85(111)97(24)73(78(104)89-65)74(100)59(15)33-29-27-28-30-42-98(49-62-36-34-58(14)35-37-62)50-63-38-40-64(41-39-63)86(112)113-25/h34-41,52-57,59-61,65-74,99-100H,26-33,42-51H2,1-25H3,(H,87,102)(H,88,101)(H,89,104)(H,90,103)/t59-,60+,61-,65+,66+,67+,68+,69+,70-,71+,72+,73+,74-/m1/s1. The van der Waals surface area contributed by atoms with Crippen molar-refractivity contribution in [3.63, 3.8) is 0 Å². The van der Waals surface area contributed by atoms with Gasteiger partial charge in [0.2, 0.25) is 65.0 Å². The van der Waals surface area contributed by atoms with Gasteiger partial charge in [-0.25, -0.2) is 4.79 Å². The first-order valence-electron chi connectivity index (χ1n) is 41.3. The number of amides is 11. The number of hydrogen-bond acceptors (Lipinski definition) is 17. The number of likely N-dealkylation sites (N-methyl/N-ethyl adjacent to an activating group) is 7. The number of unbranched alkanes of at least 4 members (excludes halogenated alkanes) is 4. The Bertz CT molecular complexity index is 3430. The number of nitrogens with one attached hydrogen (secondary N) is 4. The van der Waals surface area contributed by atoms with Crippen LogP contribution in [-0.2, 0) is 70.6 Å². The molecule has 1 saturated heterocycles. The average Bonchev–Trinajstić information content (AvgIpc) is 0.801. The summed E-state index contributed by atoms with van der Waals surface area (Å²) in [5.74, 6) is -10.1. The first-order valence-corrected chi connectivity index (χ1v) is 42.4. The molecule has 0 saturated carbocycles. The smallest absolute Gasteiger partial charge is 0.337 e. The molecule has 27 nitrogen and oxygen atoms in total. The number of thioether (sulfide) groups is 1. The van der Waals surface area contributed by atoms with Crippen LogP contribution < -0.4 is 21.3 Å². The largest absolute Gasteiger partial charge is 0.465 e. The summed E-state index contributed by atoms with van der Waals surface area (Å²) >= 11 is 1.35. The van der Waals surface area contributed by atoms with Crippen molar-refractivity contribution in [1.29, 1.82) is 0 Å². The third kappa shape index (κ3) is 30.1. The number of esters is 1. The van der Waals surface area contributed by atoms with Crippen LogP contribution in [0.2, 0.25) is 0 Å². The molecule has 13 atom stereocenters. The minimum Gasteiger partial charge on any atom is -0.465 e. The van der Waals surface area contributed by atoms with Gasteiger partial charge in [-0.1, -0.05) is 158 Å². The highest BCUT2D eigenvalue weighted by atomic mass is 32.2. The molecular formula is C86H144N12O15S. The Morgan fingerprint density at radius 1 is 0.474 bits per heavy atom. The minimum absolute atomic E-state index is 0.0160. The third-order valence-corrected chi connectivity index (χ3v) is 22.9. The molecule has 0 aliphatic carbocycles. The molecule has 0 unspecified atom stereocenters. The van der Waals surface area contributed by atoms with Crippen molar-refractivity contribution < 1.29 is 72.5 Å². The van der Waals surface area contributed by atoms with Gasteiger partial charge in [-0.05, 0) is 156 Å². The maximum atomic E-state index is 15.8. The lowest BCUT2D eigenvalue weighted by Gasteiger charge is -2.41. The van der Waals surface area contributed by atoms with Gasteiger partial charge < -0.3 is 70.5 Å². The molecule has 2 aromatic carbocycles. The van der Waals surface area contributed by atoms with Crippen LogP contribution in [0.1, 0.15) is 215 Å². The number of ether oxygens (including phenoxy) is 1. The summed E-state index contributed by atoms with van der Waals surface area (Å²) in [6.07, 6.45) is 3.37. The second kappa shape index (κ2) is 48.8. The lowest BCUT2D eigenvalue weighted by molar-refractivity contribution is -0.157. The van der Waals surface area contributed by atoms with Gasteiger partial charge in [-0.3, -0.25) is 57.6 Å². The minimum atomic E-state index is -1.68. The summed E-state index contributed by atoms with van der Waals surface area (Å²) in [7, 11) is 11.4. The van der Waals surface area contributed by atoms with E-state index in [1.165, 1.54) is 111 Å². The van der Waals surface area contributed by atoms with E-state index in [-0.39, 0.29) is 68.1 Å². The molecule has 114 heavy (non-hydrogen) atoms. The summed E-state index contributed by atoms with van der Waals surface area (Å²) in [6, 6.07) is 1.63. The van der Waals surface area contributed by atoms with Gasteiger partial charge in [0.1, 0.15) is 66.5 Å². The van der Waals surface area contributed by atoms with Crippen molar-refractivity contribution in [1.82, 2.24) is 60.5 Å². The highest BCUT2D eigenvalue weighted by molar-refractivity contribution is 7.99. The number of carbonyl (C=O) groups is 12. The number of carbonyl (C=O) groups excluding carboxylic acids is 12. The van der Waals surface area contributed by atoms with E-state index in [0.29, 0.717) is 50.1 Å². The van der Waals surface area contributed by atoms with Crippen molar-refractivity contribution in [2.24, 2.45) is 41.4 Å². The number of benzene rings is 2. The van der Waals surface area contributed by atoms with E-state index in [1.807, 2.05) is 74.4 Å². The normalized spacial score (nSPS) is 23.6. The number of aliphatic hydroxyl groups is 2. The number of rotatable bonds is 31. The quantitative estimate of drug-likeness (QED) is 0.0308. The molecule has 0 aromatic heterocycles. The molecule has 3 rings (SSSR count). The maximum absolute atomic E-state index is 15.8. The molecule has 1 fully saturated rings. The fourth-order valence-corrected chi connectivity index (χ4v) is 15.8. The fraction of sp³-hybridized carbons (Fsp3) is 0.721. The molecule has 6 N–H and O–H groups in total. The van der Waals surface area contributed by atoms with Crippen molar-refractivity contribution in [2.75, 3.05) is 81.1 Å². The fourth-order valence-electron chi connectivity index (χ4n) is 14.6. The van der Waals surface area contributed by atoms with Crippen LogP contribution >= 0.6 is 11.8 Å². The summed E-state index contributed by atoms with van der Waals surface area (Å²) < 4.78 is 4.93. The van der Waals surface area contributed by atoms with E-state index in [9.17, 15) is 34.2 Å². The van der Waals surface area contributed by atoms with Crippen molar-refractivity contribution in [3.05, 3.63) is 70.8 Å². The molecule has 0 bridgehead atoms. The Morgan fingerprint density at radius 2 is 0.912 bits per heavy atom. The predicted molar refractivity (Wildman–Crippen MR) is 448 cm³/mol. The van der Waals surface area contributed by atoms with Crippen LogP contribution in [-0.4, -0.2) is 274 Å². The van der Waals surface area contributed by atoms with Crippen LogP contribution in [0.3, 0.4) is 0 Å². The summed E-state index contributed by atoms with van der Waals surface area (Å²) in [5.41, 5.74) is 3.79. The number of hydrogen-bond donors (Lipinski definition) is 6. The molecule has 11 amide bonds. The first kappa shape index (κ1) is 101. The lowest BCUT2D eigenvalue weighted by Crippen LogP contribution is -2.64. The van der Waals surface area contributed by atoms with E-state index >= 15 is 33.6 Å². The van der Waals surface area contributed by atoms with Gasteiger partial charge >= 0.3 is 5.97 Å². The van der Waals surface area contributed by atoms with E-state index < -0.39 is 161 Å². The maximum Gasteiger partial charge on any atom is 0.337 e. The molecule has 28 heteroatoms. The summed E-state index contributed by atoms with van der Waals surface area (Å²) in [4.78, 5) is 190. The Balaban J connectivity index is 2.33. The molecule has 0 radical (unpaired) electrons. The van der Waals surface area contributed by atoms with Crippen LogP contribution in [0, 0.1) is 48.3 Å². The van der Waals surface area contributed by atoms with Crippen LogP contribution in [0.15, 0.2) is 48.5 Å². The number of aliphatic hydroxyl groups excluding tert-OH is 2. The molecule has 644 valence electrons. The van der Waals surface area contributed by atoms with E-state index in [0.717, 1.165) is 47.4 Å². The van der Waals surface area contributed by atoms with Gasteiger partial charge in [0.15, 0.2) is 0 Å². The Labute approximate surface area is 686 Å². The lowest BCUT2D eigenvalue weighted by atomic mass is 9.90. The number of nitrogens with zero attached hydrogens (tertiary/aromatic N) is 8. The number of aryl methyl sites for hydroxylation is 1. The molecule has 0 spiro atoms. The van der Waals surface area contributed by atoms with Crippen LogP contribution in [0.25, 0.3) is 0 Å². The Hall–Kier alpha value is -7.69. The SMILES string of the molecule is CC[C@@H]1NC(=O)[C@H]([C@H](O)[C@H](C)CCCCCCN(Cc2ccc(C)cc2)Cc2ccc(C(=O)OC)cc2)N(C)C(=O)[C@H](C(C)C)N(C)C(=O)[C@H](CC(C)C)N(C)C(=O)[C@H](CC(C)C)N(C)C(=O)[C@@H](C)NC(=O)[C@H](C)NC(=O)[C@H](CC(C)C)N(C)C(=O)[C@H](C(C)C)NC(=O)[C@H](CC(C)C)N(C)C(=O)[C@@H](CSCCCCO)N(C)C1=O. The third-order valence-electron chi connectivity index (χ3n) is 21.8. The topological polar surface area (TPSA) is 329 Å². The zero-order chi connectivity index (χ0) is 86.5. The van der Waals surface area contributed by atoms with Crippen LogP contribution in [0.4, 0.5) is 0 Å². The van der Waals surface area contributed by atoms with Gasteiger partial charge in [-0.2, -0.15) is 11.8 Å². The second-order valence-electron chi connectivity index (χ2n) is 34.1. The summed E-state index contributed by atoms with van der Waals surface area (Å²) in [5, 5.41) is 33.8. The molecular weight excluding hydrogens is 1470 g/mol. The van der Waals surface area contributed by atoms with Crippen molar-refractivity contribution in [2.45, 2.75) is 280 Å². The zero-order valence-electron chi connectivity index (χ0n) is 73.5. The van der Waals surface area contributed by atoms with Crippen LogP contribution in [0.5, 0.6) is 0 Å². The van der Waals surface area contributed by atoms with E-state index in [2.05, 4.69) is 50.4 Å². The van der Waals surface area contributed by atoms with Gasteiger partial charge in [0.05, 0.1) is 18.8 Å². The van der Waals surface area contributed by atoms with E-state index in [4.69, 9.17) is 4.74 Å². The molecule has 1 aliphatic rings.